The number of nitrogens with zero attached hydrogens (tertiary/aromatic N) is 13. The molecule has 7 N–H and O–H groups in total. The first-order chi connectivity index (χ1) is 61.1. The zero-order valence-electron chi connectivity index (χ0n) is 68.2. The number of aliphatic hydroxyl groups is 3. The molecule has 126 heavy (non-hydrogen) atoms. The van der Waals surface area contributed by atoms with E-state index in [9.17, 15) is 56.3 Å². The van der Waals surface area contributed by atoms with Crippen molar-refractivity contribution in [2.75, 3.05) is 65.8 Å². The van der Waals surface area contributed by atoms with E-state index in [-0.39, 0.29) is 76.0 Å². The number of nitrogens with one attached hydrogen (secondary N) is 4. The van der Waals surface area contributed by atoms with Gasteiger partial charge in [-0.05, 0) is 133 Å². The molecule has 41 heteroatoms. The second kappa shape index (κ2) is 38.4. The molecule has 2 aromatic carbocycles. The number of anilines is 4. The maximum atomic E-state index is 14.1. The summed E-state index contributed by atoms with van der Waals surface area (Å²) in [5.41, 5.74) is 10.6. The van der Waals surface area contributed by atoms with Crippen molar-refractivity contribution in [3.63, 3.8) is 0 Å². The number of aliphatic hydroxyl groups excluding tert-OH is 3. The highest BCUT2D eigenvalue weighted by molar-refractivity contribution is 7.94. The molecule has 646 valence electrons. The molecule has 3 fully saturated rings. The van der Waals surface area contributed by atoms with Gasteiger partial charge in [-0.15, -0.1) is 0 Å². The van der Waals surface area contributed by atoms with E-state index in [1.807, 2.05) is 18.2 Å². The summed E-state index contributed by atoms with van der Waals surface area (Å²) in [6, 6.07) is 23.1. The van der Waals surface area contributed by atoms with Crippen LogP contribution in [0.15, 0.2) is 187 Å². The summed E-state index contributed by atoms with van der Waals surface area (Å²) >= 11 is 12.2. The molecule has 0 amide bonds. The maximum absolute atomic E-state index is 14.1. The lowest BCUT2D eigenvalue weighted by atomic mass is 9.90. The SMILES string of the molecule is COc1ncc(-c2ccn3ncc(C#CCO)c3c2)cc1NS(=O)(=O)C1CC1.COc1ncc(-c2ccn3ncc(C#CCO)c3n2)cc1NS(C)(=O)=O.O=S(=O)(Nc1cc(-c2ccn3ncc(C#CC4COCC4O)c3c2)cnc1Cl)c1ccc(F)cc1F.[2H]C1([2H])CCCC(C#Cc2cnn3ccc(-c4cnc(Cl)c(NS(=O)(=O)c5ccc(F)cc5F)c4)cc23)C1. The molecule has 1 saturated heterocycles. The van der Waals surface area contributed by atoms with Crippen LogP contribution in [-0.2, 0) is 44.8 Å². The Kier molecular flexibility index (Phi) is 26.3. The molecular weight excluding hydrogens is 1760 g/mol. The van der Waals surface area contributed by atoms with Gasteiger partial charge in [-0.2, -0.15) is 20.4 Å². The van der Waals surface area contributed by atoms with Crippen molar-refractivity contribution in [3.8, 4) is 104 Å². The average molecular weight is 1830 g/mol. The first-order valence-corrected chi connectivity index (χ1v) is 44.9. The van der Waals surface area contributed by atoms with E-state index in [4.69, 9.17) is 50.4 Å². The van der Waals surface area contributed by atoms with E-state index < -0.39 is 85.6 Å². The highest BCUT2D eigenvalue weighted by Gasteiger charge is 2.37. The van der Waals surface area contributed by atoms with Crippen molar-refractivity contribution < 1.29 is 83.5 Å². The molecule has 13 heterocycles. The Hall–Kier alpha value is -13.3. The molecule has 3 aliphatic rings. The fraction of sp³-hybridized carbons (Fsp3) is 0.212. The summed E-state index contributed by atoms with van der Waals surface area (Å²) in [6.07, 6.45) is 22.6. The van der Waals surface area contributed by atoms with Gasteiger partial charge in [0, 0.05) is 92.6 Å². The summed E-state index contributed by atoms with van der Waals surface area (Å²) in [4.78, 5) is 19.5. The number of pyridine rings is 7. The van der Waals surface area contributed by atoms with E-state index in [1.54, 1.807) is 110 Å². The Labute approximate surface area is 731 Å². The fourth-order valence-electron chi connectivity index (χ4n) is 12.8. The number of sulfonamides is 4. The standard InChI is InChI=1S/C26H21ClF2N4O2S.C24H17ClF2N4O4S.C19H18N4O4S.C16H15N5O4S/c27-26-23(32-36(34,35)25-9-8-21(28)14-22(25)29)12-20(15-30-26)18-10-11-33-24(13-18)19(16-31-33)7-6-17-4-2-1-3-5-17;25-24-20(30-36(33,34)23-4-3-18(26)9-19(23)27)7-17(10-28-24)14-5-6-31-21(8-14)15(11-29-31)1-2-16-12-35-13-22(16)32;1-27-19-17(22-28(25,26)16-4-5-16)9-15(11-20-19)13-6-7-23-18(10-13)14(12-21-23)3-2-8-24;1-25-16-14(20-26(2,23)24)8-12(9-17-16)13-5-6-21-15(19-13)11(10-18-21)4-3-7-22/h8-17,32H,1-5H2;3-11,16,22,30,32H,12-13H2;6-7,9-12,16,22,24H,4-5,8H2,1H3;5-6,8-10,20,22H,7H2,1-2H3/i2D2;;;. The van der Waals surface area contributed by atoms with E-state index in [0.717, 1.165) is 60.0 Å². The van der Waals surface area contributed by atoms with Crippen LogP contribution in [0.5, 0.6) is 11.8 Å². The molecule has 14 aromatic rings. The quantitative estimate of drug-likeness (QED) is 0.0253. The minimum atomic E-state index is -4.42. The molecule has 31 nitrogen and oxygen atoms in total. The smallest absolute Gasteiger partial charge is 0.264 e. The van der Waals surface area contributed by atoms with Crippen molar-refractivity contribution in [3.05, 3.63) is 233 Å². The normalized spacial score (nSPS) is 15.6. The van der Waals surface area contributed by atoms with Gasteiger partial charge >= 0.3 is 0 Å². The van der Waals surface area contributed by atoms with Crippen LogP contribution in [0.2, 0.25) is 10.3 Å². The van der Waals surface area contributed by atoms with Gasteiger partial charge in [0.15, 0.2) is 16.0 Å². The predicted molar refractivity (Wildman–Crippen MR) is 462 cm³/mol. The minimum absolute atomic E-state index is 0.0288. The van der Waals surface area contributed by atoms with Crippen LogP contribution in [0, 0.1) is 82.5 Å². The number of benzene rings is 2. The topological polar surface area (TPSA) is 407 Å². The van der Waals surface area contributed by atoms with Gasteiger partial charge in [-0.3, -0.25) is 18.9 Å². The third kappa shape index (κ3) is 21.4. The largest absolute Gasteiger partial charge is 0.480 e. The fourth-order valence-corrected chi connectivity index (χ4v) is 17.4. The summed E-state index contributed by atoms with van der Waals surface area (Å²) in [5.74, 6) is 19.0. The highest BCUT2D eigenvalue weighted by Crippen LogP contribution is 2.38. The molecule has 3 unspecified atom stereocenters. The van der Waals surface area contributed by atoms with Crippen molar-refractivity contribution in [2.45, 2.75) is 66.0 Å². The van der Waals surface area contributed by atoms with E-state index >= 15 is 0 Å². The Balaban J connectivity index is 0.000000140. The van der Waals surface area contributed by atoms with Crippen LogP contribution in [0.25, 0.3) is 66.8 Å². The van der Waals surface area contributed by atoms with Gasteiger partial charge in [0.25, 0.3) is 20.0 Å². The molecule has 0 radical (unpaired) electrons. The van der Waals surface area contributed by atoms with Crippen LogP contribution in [0.3, 0.4) is 0 Å². The number of halogens is 6. The van der Waals surface area contributed by atoms with Gasteiger partial charge < -0.3 is 29.5 Å². The molecule has 17 rings (SSSR count). The van der Waals surface area contributed by atoms with Gasteiger partial charge in [0.05, 0.1) is 132 Å². The summed E-state index contributed by atoms with van der Waals surface area (Å²) in [5, 5.41) is 44.0. The van der Waals surface area contributed by atoms with Crippen LogP contribution in [0.1, 0.15) is 69.9 Å². The van der Waals surface area contributed by atoms with Crippen molar-refractivity contribution in [2.24, 2.45) is 11.8 Å². The van der Waals surface area contributed by atoms with Gasteiger partial charge in [-0.1, -0.05) is 89.8 Å². The van der Waals surface area contributed by atoms with Crippen molar-refractivity contribution >= 4 is 108 Å². The average Bonchev–Trinajstić information content (AvgIpc) is 1.56. The number of methoxy groups -OCH3 is 2. The summed E-state index contributed by atoms with van der Waals surface area (Å²) in [7, 11) is -12.9. The van der Waals surface area contributed by atoms with Crippen molar-refractivity contribution in [1.29, 1.82) is 0 Å². The second-order valence-electron chi connectivity index (χ2n) is 28.0. The minimum Gasteiger partial charge on any atom is -0.480 e. The first-order valence-electron chi connectivity index (χ1n) is 38.8. The Morgan fingerprint density at radius 1 is 0.500 bits per heavy atom. The van der Waals surface area contributed by atoms with E-state index in [2.05, 4.69) is 112 Å². The second-order valence-corrected chi connectivity index (χ2v) is 35.8. The lowest BCUT2D eigenvalue weighted by Gasteiger charge is -2.15. The number of hydrogen-bond donors (Lipinski definition) is 7. The number of aromatic nitrogens is 13. The number of rotatable bonds is 17. The third-order valence-electron chi connectivity index (χ3n) is 19.1. The predicted octanol–water partition coefficient (Wildman–Crippen LogP) is 11.7. The number of fused-ring (bicyclic) bond motifs is 4. The van der Waals surface area contributed by atoms with Crippen LogP contribution in [0.4, 0.5) is 40.3 Å². The van der Waals surface area contributed by atoms with E-state index in [0.29, 0.717) is 123 Å². The van der Waals surface area contributed by atoms with Crippen LogP contribution < -0.4 is 28.4 Å². The Bertz CT molecular complexity index is 7440. The molecule has 1 aliphatic heterocycles. The molecule has 0 spiro atoms. The zero-order valence-corrected chi connectivity index (χ0v) is 70.9. The Morgan fingerprint density at radius 2 is 0.952 bits per heavy atom. The summed E-state index contributed by atoms with van der Waals surface area (Å²) < 4.78 is 201. The zero-order chi connectivity index (χ0) is 91.0. The monoisotopic (exact) mass is 1830 g/mol. The van der Waals surface area contributed by atoms with Crippen molar-refractivity contribution in [1.82, 2.24) is 63.4 Å². The molecule has 3 atom stereocenters. The third-order valence-corrected chi connectivity index (χ3v) is 25.0. The molecule has 2 saturated carbocycles. The molecule has 0 bridgehead atoms. The lowest BCUT2D eigenvalue weighted by Crippen LogP contribution is -2.18. The van der Waals surface area contributed by atoms with Crippen LogP contribution >= 0.6 is 23.2 Å². The van der Waals surface area contributed by atoms with Crippen LogP contribution in [-0.4, -0.2) is 171 Å². The molecule has 12 aromatic heterocycles. The summed E-state index contributed by atoms with van der Waals surface area (Å²) in [6.45, 7) is 0.112. The number of ether oxygens (including phenoxy) is 3. The lowest BCUT2D eigenvalue weighted by molar-refractivity contribution is 0.123. The van der Waals surface area contributed by atoms with Gasteiger partial charge in [0.2, 0.25) is 31.8 Å². The number of hydrogen-bond acceptors (Lipinski definition) is 23. The first kappa shape index (κ1) is 86.2. The molecular formula is C85H71Cl2F4N17O14S4. The van der Waals surface area contributed by atoms with Gasteiger partial charge in [0.1, 0.15) is 57.6 Å². The maximum Gasteiger partial charge on any atom is 0.264 e. The molecule has 2 aliphatic carbocycles. The van der Waals surface area contributed by atoms with Gasteiger partial charge in [-0.25, -0.2) is 94.2 Å². The van der Waals surface area contributed by atoms with E-state index in [1.165, 1.54) is 44.9 Å². The Morgan fingerprint density at radius 3 is 1.43 bits per heavy atom. The highest BCUT2D eigenvalue weighted by atomic mass is 35.5.